The molecule has 0 aliphatic carbocycles. The SMILES string of the molecule is CCCC(C#N)N1CCN(C(=O)C2(C)CCCS2)CC1. The van der Waals surface area contributed by atoms with Crippen LogP contribution in [0.3, 0.4) is 0 Å². The monoisotopic (exact) mass is 295 g/mol. The van der Waals surface area contributed by atoms with Gasteiger partial charge < -0.3 is 4.90 Å². The van der Waals surface area contributed by atoms with E-state index >= 15 is 0 Å². The first kappa shape index (κ1) is 15.7. The summed E-state index contributed by atoms with van der Waals surface area (Å²) >= 11 is 1.81. The van der Waals surface area contributed by atoms with Crippen molar-refractivity contribution in [2.45, 2.75) is 50.3 Å². The van der Waals surface area contributed by atoms with Crippen LogP contribution >= 0.6 is 11.8 Å². The summed E-state index contributed by atoms with van der Waals surface area (Å²) in [5, 5.41) is 9.22. The van der Waals surface area contributed by atoms with E-state index in [2.05, 4.69) is 24.8 Å². The summed E-state index contributed by atoms with van der Waals surface area (Å²) in [6.07, 6.45) is 4.12. The molecule has 5 heteroatoms. The third kappa shape index (κ3) is 3.29. The van der Waals surface area contributed by atoms with E-state index < -0.39 is 0 Å². The van der Waals surface area contributed by atoms with Crippen LogP contribution in [0.25, 0.3) is 0 Å². The zero-order valence-electron chi connectivity index (χ0n) is 12.6. The summed E-state index contributed by atoms with van der Waals surface area (Å²) in [6, 6.07) is 2.42. The van der Waals surface area contributed by atoms with Gasteiger partial charge in [0.2, 0.25) is 5.91 Å². The van der Waals surface area contributed by atoms with E-state index in [1.807, 2.05) is 16.7 Å². The Morgan fingerprint density at radius 2 is 2.10 bits per heavy atom. The third-order valence-electron chi connectivity index (χ3n) is 4.42. The number of hydrogen-bond acceptors (Lipinski definition) is 4. The fraction of sp³-hybridized carbons (Fsp3) is 0.867. The van der Waals surface area contributed by atoms with Gasteiger partial charge in [-0.2, -0.15) is 5.26 Å². The van der Waals surface area contributed by atoms with Crippen LogP contribution in [-0.4, -0.2) is 58.4 Å². The van der Waals surface area contributed by atoms with Gasteiger partial charge in [-0.1, -0.05) is 13.3 Å². The Labute approximate surface area is 126 Å². The molecule has 0 saturated carbocycles. The van der Waals surface area contributed by atoms with Crippen LogP contribution in [0.15, 0.2) is 0 Å². The number of carbonyl (C=O) groups excluding carboxylic acids is 1. The minimum atomic E-state index is -0.194. The van der Waals surface area contributed by atoms with Crippen LogP contribution in [0.5, 0.6) is 0 Å². The normalized spacial score (nSPS) is 29.1. The van der Waals surface area contributed by atoms with Gasteiger partial charge in [-0.05, 0) is 31.9 Å². The van der Waals surface area contributed by atoms with Crippen molar-refractivity contribution in [1.29, 1.82) is 5.26 Å². The lowest BCUT2D eigenvalue weighted by molar-refractivity contribution is -0.135. The molecule has 0 aromatic rings. The van der Waals surface area contributed by atoms with Gasteiger partial charge in [-0.3, -0.25) is 9.69 Å². The highest BCUT2D eigenvalue weighted by Gasteiger charge is 2.41. The van der Waals surface area contributed by atoms with Gasteiger partial charge in [0, 0.05) is 26.2 Å². The zero-order chi connectivity index (χ0) is 14.6. The lowest BCUT2D eigenvalue weighted by Gasteiger charge is -2.39. The third-order valence-corrected chi connectivity index (χ3v) is 5.93. The lowest BCUT2D eigenvalue weighted by atomic mass is 10.0. The molecular formula is C15H25N3OS. The maximum Gasteiger partial charge on any atom is 0.238 e. The molecule has 0 spiro atoms. The second kappa shape index (κ2) is 6.82. The summed E-state index contributed by atoms with van der Waals surface area (Å²) in [6.45, 7) is 7.43. The quantitative estimate of drug-likeness (QED) is 0.797. The summed E-state index contributed by atoms with van der Waals surface area (Å²) in [7, 11) is 0. The van der Waals surface area contributed by atoms with Crippen molar-refractivity contribution in [3.8, 4) is 6.07 Å². The molecule has 2 rings (SSSR count). The summed E-state index contributed by atoms with van der Waals surface area (Å²) in [5.74, 6) is 1.42. The molecule has 4 nitrogen and oxygen atoms in total. The molecule has 0 aromatic heterocycles. The van der Waals surface area contributed by atoms with Gasteiger partial charge in [0.05, 0.1) is 16.9 Å². The second-order valence-electron chi connectivity index (χ2n) is 5.94. The Morgan fingerprint density at radius 1 is 1.40 bits per heavy atom. The average Bonchev–Trinajstić information content (AvgIpc) is 2.92. The molecule has 2 atom stereocenters. The van der Waals surface area contributed by atoms with Gasteiger partial charge in [-0.25, -0.2) is 0 Å². The number of rotatable bonds is 4. The topological polar surface area (TPSA) is 47.3 Å². The molecule has 112 valence electrons. The fourth-order valence-electron chi connectivity index (χ4n) is 3.12. The highest BCUT2D eigenvalue weighted by molar-refractivity contribution is 8.01. The first-order chi connectivity index (χ1) is 9.60. The molecule has 0 radical (unpaired) electrons. The standard InChI is InChI=1S/C15H25N3OS/c1-3-5-13(12-16)17-7-9-18(10-8-17)14(19)15(2)6-4-11-20-15/h13H,3-11H2,1-2H3. The van der Waals surface area contributed by atoms with E-state index in [0.717, 1.165) is 57.6 Å². The van der Waals surface area contributed by atoms with E-state index in [4.69, 9.17) is 0 Å². The van der Waals surface area contributed by atoms with E-state index in [9.17, 15) is 10.1 Å². The predicted molar refractivity (Wildman–Crippen MR) is 82.6 cm³/mol. The molecule has 20 heavy (non-hydrogen) atoms. The van der Waals surface area contributed by atoms with E-state index in [1.165, 1.54) is 0 Å². The summed E-state index contributed by atoms with van der Waals surface area (Å²) in [5.41, 5.74) is 0. The van der Waals surface area contributed by atoms with Crippen LogP contribution in [0, 0.1) is 11.3 Å². The Kier molecular flexibility index (Phi) is 5.34. The van der Waals surface area contributed by atoms with Gasteiger partial charge in [-0.15, -0.1) is 11.8 Å². The molecule has 0 bridgehead atoms. The maximum absolute atomic E-state index is 12.6. The minimum absolute atomic E-state index is 0.0219. The smallest absolute Gasteiger partial charge is 0.238 e. The van der Waals surface area contributed by atoms with Crippen LogP contribution in [0.4, 0.5) is 0 Å². The van der Waals surface area contributed by atoms with Gasteiger partial charge in [0.15, 0.2) is 0 Å². The van der Waals surface area contributed by atoms with Crippen LogP contribution < -0.4 is 0 Å². The highest BCUT2D eigenvalue weighted by atomic mass is 32.2. The van der Waals surface area contributed by atoms with Crippen molar-refractivity contribution in [3.05, 3.63) is 0 Å². The molecule has 1 amide bonds. The highest BCUT2D eigenvalue weighted by Crippen LogP contribution is 2.39. The number of amides is 1. The van der Waals surface area contributed by atoms with Crippen molar-refractivity contribution in [2.24, 2.45) is 0 Å². The second-order valence-corrected chi connectivity index (χ2v) is 7.54. The van der Waals surface area contributed by atoms with Crippen molar-refractivity contribution in [1.82, 2.24) is 9.80 Å². The molecular weight excluding hydrogens is 270 g/mol. The molecule has 0 N–H and O–H groups in total. The number of hydrogen-bond donors (Lipinski definition) is 0. The van der Waals surface area contributed by atoms with Gasteiger partial charge in [0.1, 0.15) is 0 Å². The number of nitriles is 1. The largest absolute Gasteiger partial charge is 0.339 e. The molecule has 2 fully saturated rings. The van der Waals surface area contributed by atoms with Crippen LogP contribution in [0.2, 0.25) is 0 Å². The van der Waals surface area contributed by atoms with E-state index in [1.54, 1.807) is 0 Å². The summed E-state index contributed by atoms with van der Waals surface area (Å²) < 4.78 is -0.194. The van der Waals surface area contributed by atoms with Gasteiger partial charge >= 0.3 is 0 Å². The number of thioether (sulfide) groups is 1. The van der Waals surface area contributed by atoms with Crippen molar-refractivity contribution in [2.75, 3.05) is 31.9 Å². The number of carbonyl (C=O) groups is 1. The van der Waals surface area contributed by atoms with Gasteiger partial charge in [0.25, 0.3) is 0 Å². The lowest BCUT2D eigenvalue weighted by Crippen LogP contribution is -2.55. The van der Waals surface area contributed by atoms with E-state index in [0.29, 0.717) is 5.91 Å². The van der Waals surface area contributed by atoms with Crippen LogP contribution in [0.1, 0.15) is 39.5 Å². The van der Waals surface area contributed by atoms with Crippen LogP contribution in [-0.2, 0) is 4.79 Å². The van der Waals surface area contributed by atoms with E-state index in [-0.39, 0.29) is 10.8 Å². The Morgan fingerprint density at radius 3 is 2.60 bits per heavy atom. The fourth-order valence-corrected chi connectivity index (χ4v) is 4.40. The molecule has 2 heterocycles. The Bertz CT molecular complexity index is 379. The predicted octanol–water partition coefficient (Wildman–Crippen LogP) is 2.11. The first-order valence-corrected chi connectivity index (χ1v) is 8.66. The first-order valence-electron chi connectivity index (χ1n) is 7.67. The number of piperazine rings is 1. The molecule has 2 aliphatic heterocycles. The Hall–Kier alpha value is -0.730. The summed E-state index contributed by atoms with van der Waals surface area (Å²) in [4.78, 5) is 16.9. The molecule has 2 saturated heterocycles. The molecule has 0 aromatic carbocycles. The van der Waals surface area contributed by atoms with Crippen molar-refractivity contribution in [3.63, 3.8) is 0 Å². The van der Waals surface area contributed by atoms with Crippen molar-refractivity contribution >= 4 is 17.7 Å². The average molecular weight is 295 g/mol. The zero-order valence-corrected chi connectivity index (χ0v) is 13.4. The molecule has 2 aliphatic rings. The maximum atomic E-state index is 12.6. The van der Waals surface area contributed by atoms with Crippen molar-refractivity contribution < 1.29 is 4.79 Å². The number of nitrogens with zero attached hydrogens (tertiary/aromatic N) is 3. The minimum Gasteiger partial charge on any atom is -0.339 e. The molecule has 2 unspecified atom stereocenters. The Balaban J connectivity index is 1.88.